The van der Waals surface area contributed by atoms with Crippen LogP contribution in [0.25, 0.3) is 16.8 Å². The molecule has 5 aromatic rings. The number of hydrogen-bond donors (Lipinski definition) is 1. The predicted molar refractivity (Wildman–Crippen MR) is 112 cm³/mol. The Morgan fingerprint density at radius 1 is 1.00 bits per heavy atom. The van der Waals surface area contributed by atoms with E-state index in [9.17, 15) is 14.9 Å². The number of aromatic nitrogens is 4. The highest BCUT2D eigenvalue weighted by atomic mass is 32.2. The summed E-state index contributed by atoms with van der Waals surface area (Å²) >= 11 is 1.14. The quantitative estimate of drug-likeness (QED) is 0.257. The second kappa shape index (κ2) is 7.12. The van der Waals surface area contributed by atoms with Gasteiger partial charge in [-0.05, 0) is 36.0 Å². The van der Waals surface area contributed by atoms with E-state index in [4.69, 9.17) is 0 Å². The first kappa shape index (κ1) is 18.1. The number of nitrogens with zero attached hydrogens (tertiary/aromatic N) is 4. The molecule has 0 atom stereocenters. The lowest BCUT2D eigenvalue weighted by Crippen LogP contribution is -2.02. The molecule has 3 aromatic carbocycles. The van der Waals surface area contributed by atoms with Crippen molar-refractivity contribution in [2.45, 2.75) is 10.1 Å². The van der Waals surface area contributed by atoms with E-state index in [1.807, 2.05) is 34.7 Å². The molecule has 30 heavy (non-hydrogen) atoms. The van der Waals surface area contributed by atoms with Crippen molar-refractivity contribution in [3.05, 3.63) is 94.0 Å². The molecular weight excluding hydrogens is 402 g/mol. The molecule has 0 aliphatic heterocycles. The lowest BCUT2D eigenvalue weighted by molar-refractivity contribution is -0.387. The molecule has 146 valence electrons. The van der Waals surface area contributed by atoms with Crippen LogP contribution in [0.15, 0.2) is 82.8 Å². The number of carbonyl (C=O) groups is 1. The minimum absolute atomic E-state index is 0.151. The number of H-pyrrole nitrogens is 1. The van der Waals surface area contributed by atoms with Crippen molar-refractivity contribution in [3.8, 4) is 0 Å². The highest BCUT2D eigenvalue weighted by Crippen LogP contribution is 2.36. The van der Waals surface area contributed by atoms with Crippen LogP contribution in [-0.4, -0.2) is 30.3 Å². The number of nitrogens with one attached hydrogen (secondary N) is 1. The fourth-order valence-electron chi connectivity index (χ4n) is 3.25. The average Bonchev–Trinajstić information content (AvgIpc) is 3.33. The van der Waals surface area contributed by atoms with E-state index in [2.05, 4.69) is 15.2 Å². The maximum atomic E-state index is 12.7. The third-order valence-corrected chi connectivity index (χ3v) is 5.68. The van der Waals surface area contributed by atoms with E-state index >= 15 is 0 Å². The summed E-state index contributed by atoms with van der Waals surface area (Å²) in [6.45, 7) is 0. The molecule has 5 rings (SSSR count). The van der Waals surface area contributed by atoms with Crippen molar-refractivity contribution in [1.29, 1.82) is 0 Å². The van der Waals surface area contributed by atoms with Gasteiger partial charge in [0.05, 0.1) is 20.9 Å². The topological polar surface area (TPSA) is 106 Å². The van der Waals surface area contributed by atoms with E-state index < -0.39 is 4.92 Å². The molecule has 0 saturated carbocycles. The number of nitro groups is 1. The number of para-hydroxylation sites is 2. The van der Waals surface area contributed by atoms with Crippen LogP contribution in [0.2, 0.25) is 0 Å². The van der Waals surface area contributed by atoms with Crippen LogP contribution in [0, 0.1) is 10.1 Å². The monoisotopic (exact) mass is 415 g/mol. The minimum atomic E-state index is -0.486. The molecule has 8 nitrogen and oxygen atoms in total. The summed E-state index contributed by atoms with van der Waals surface area (Å²) in [5.74, 6) is 0.287. The largest absolute Gasteiger partial charge is 0.289 e. The Kier molecular flexibility index (Phi) is 4.29. The van der Waals surface area contributed by atoms with Crippen LogP contribution in [0.5, 0.6) is 0 Å². The van der Waals surface area contributed by atoms with Gasteiger partial charge in [0.25, 0.3) is 5.69 Å². The summed E-state index contributed by atoms with van der Waals surface area (Å²) in [5, 5.41) is 19.3. The summed E-state index contributed by atoms with van der Waals surface area (Å²) < 4.78 is 1.81. The minimum Gasteiger partial charge on any atom is -0.289 e. The Morgan fingerprint density at radius 3 is 2.57 bits per heavy atom. The summed E-state index contributed by atoms with van der Waals surface area (Å²) in [4.78, 5) is 28.8. The summed E-state index contributed by atoms with van der Waals surface area (Å²) in [7, 11) is 0. The van der Waals surface area contributed by atoms with Gasteiger partial charge in [-0.25, -0.2) is 10.1 Å². The predicted octanol–water partition coefficient (Wildman–Crippen LogP) is 4.50. The van der Waals surface area contributed by atoms with Crippen LogP contribution in [0.1, 0.15) is 15.9 Å². The molecule has 0 unspecified atom stereocenters. The zero-order valence-electron chi connectivity index (χ0n) is 15.4. The number of fused-ring (bicyclic) bond motifs is 3. The number of imidazole rings is 1. The van der Waals surface area contributed by atoms with Crippen molar-refractivity contribution < 1.29 is 9.72 Å². The lowest BCUT2D eigenvalue weighted by Gasteiger charge is -2.05. The van der Waals surface area contributed by atoms with Gasteiger partial charge in [0.2, 0.25) is 5.78 Å². The Balaban J connectivity index is 1.56. The molecule has 0 bridgehead atoms. The Morgan fingerprint density at radius 2 is 1.77 bits per heavy atom. The molecule has 0 aliphatic rings. The van der Waals surface area contributed by atoms with Gasteiger partial charge in [0.15, 0.2) is 10.9 Å². The summed E-state index contributed by atoms with van der Waals surface area (Å²) in [6.07, 6.45) is 0. The van der Waals surface area contributed by atoms with Crippen molar-refractivity contribution in [1.82, 2.24) is 19.6 Å². The number of aromatic amines is 1. The van der Waals surface area contributed by atoms with Gasteiger partial charge in [0.1, 0.15) is 0 Å². The van der Waals surface area contributed by atoms with Gasteiger partial charge in [-0.3, -0.25) is 19.3 Å². The standard InChI is InChI=1S/C21H13N5O3S/c27-19(13-6-2-1-3-7-13)14-10-11-18(17(12-14)26(28)29)30-21-24-23-20-22-15-8-4-5-9-16(15)25(20)21/h1-12H,(H,22,23). The van der Waals surface area contributed by atoms with Gasteiger partial charge in [0, 0.05) is 17.2 Å². The molecule has 0 amide bonds. The molecule has 9 heteroatoms. The fraction of sp³-hybridized carbons (Fsp3) is 0. The van der Waals surface area contributed by atoms with Crippen molar-refractivity contribution in [2.75, 3.05) is 0 Å². The zero-order valence-corrected chi connectivity index (χ0v) is 16.2. The Bertz CT molecular complexity index is 1420. The van der Waals surface area contributed by atoms with Crippen molar-refractivity contribution >= 4 is 40.0 Å². The average molecular weight is 415 g/mol. The number of rotatable bonds is 5. The number of nitro benzene ring substituents is 1. The summed E-state index contributed by atoms with van der Waals surface area (Å²) in [5.41, 5.74) is 2.24. The van der Waals surface area contributed by atoms with Crippen LogP contribution < -0.4 is 0 Å². The first-order chi connectivity index (χ1) is 14.6. The fourth-order valence-corrected chi connectivity index (χ4v) is 4.19. The van der Waals surface area contributed by atoms with E-state index in [1.165, 1.54) is 6.07 Å². The molecule has 0 fully saturated rings. The van der Waals surface area contributed by atoms with Crippen molar-refractivity contribution in [3.63, 3.8) is 0 Å². The first-order valence-electron chi connectivity index (χ1n) is 8.99. The van der Waals surface area contributed by atoms with Gasteiger partial charge in [-0.2, -0.15) is 0 Å². The third-order valence-electron chi connectivity index (χ3n) is 4.66. The van der Waals surface area contributed by atoms with E-state index in [0.717, 1.165) is 22.8 Å². The molecular formula is C21H13N5O3S. The smallest absolute Gasteiger partial charge is 0.284 e. The SMILES string of the molecule is O=C(c1ccccc1)c1ccc(Sc2n[nH]c3nc4ccccc4n23)c([N+](=O)[O-])c1. The third kappa shape index (κ3) is 3.01. The second-order valence-electron chi connectivity index (χ2n) is 6.50. The van der Waals surface area contributed by atoms with E-state index in [1.54, 1.807) is 36.4 Å². The van der Waals surface area contributed by atoms with Gasteiger partial charge >= 0.3 is 0 Å². The summed E-state index contributed by atoms with van der Waals surface area (Å²) in [6, 6.07) is 20.8. The lowest BCUT2D eigenvalue weighted by atomic mass is 10.0. The van der Waals surface area contributed by atoms with Crippen LogP contribution in [-0.2, 0) is 0 Å². The number of carbonyl (C=O) groups excluding carboxylic acids is 1. The van der Waals surface area contributed by atoms with E-state index in [0.29, 0.717) is 21.4 Å². The van der Waals surface area contributed by atoms with Crippen LogP contribution >= 0.6 is 11.8 Å². The molecule has 2 aromatic heterocycles. The maximum Gasteiger partial charge on any atom is 0.284 e. The Labute approximate surface area is 173 Å². The Hall–Kier alpha value is -3.98. The highest BCUT2D eigenvalue weighted by Gasteiger charge is 2.22. The van der Waals surface area contributed by atoms with Crippen LogP contribution in [0.3, 0.4) is 0 Å². The molecule has 0 spiro atoms. The van der Waals surface area contributed by atoms with Gasteiger partial charge < -0.3 is 0 Å². The molecule has 1 N–H and O–H groups in total. The maximum absolute atomic E-state index is 12.7. The normalized spacial score (nSPS) is 11.2. The number of ketones is 1. The van der Waals surface area contributed by atoms with E-state index in [-0.39, 0.29) is 17.0 Å². The van der Waals surface area contributed by atoms with Gasteiger partial charge in [-0.15, -0.1) is 5.10 Å². The molecule has 0 radical (unpaired) electrons. The molecule has 2 heterocycles. The highest BCUT2D eigenvalue weighted by molar-refractivity contribution is 7.99. The van der Waals surface area contributed by atoms with Gasteiger partial charge in [-0.1, -0.05) is 42.5 Å². The van der Waals surface area contributed by atoms with Crippen LogP contribution in [0.4, 0.5) is 5.69 Å². The zero-order chi connectivity index (χ0) is 20.7. The first-order valence-corrected chi connectivity index (χ1v) is 9.81. The second-order valence-corrected chi connectivity index (χ2v) is 7.51. The number of benzene rings is 3. The molecule has 0 saturated heterocycles. The number of hydrogen-bond acceptors (Lipinski definition) is 6. The van der Waals surface area contributed by atoms with Crippen molar-refractivity contribution in [2.24, 2.45) is 0 Å². The molecule has 0 aliphatic carbocycles.